The van der Waals surface area contributed by atoms with Crippen LogP contribution in [-0.4, -0.2) is 24.7 Å². The zero-order chi connectivity index (χ0) is 22.8. The highest BCUT2D eigenvalue weighted by molar-refractivity contribution is 7.73. The van der Waals surface area contributed by atoms with E-state index in [0.29, 0.717) is 17.6 Å². The molecule has 1 aliphatic carbocycles. The molecule has 0 spiro atoms. The second kappa shape index (κ2) is 9.90. The molecule has 0 aliphatic heterocycles. The monoisotopic (exact) mass is 443 g/mol. The number of hydrogen-bond acceptors (Lipinski definition) is 1. The van der Waals surface area contributed by atoms with Gasteiger partial charge in [-0.05, 0) is 90.3 Å². The van der Waals surface area contributed by atoms with E-state index in [1.807, 2.05) is 0 Å². The quantitative estimate of drug-likeness (QED) is 0.378. The van der Waals surface area contributed by atoms with E-state index in [2.05, 4.69) is 113 Å². The van der Waals surface area contributed by atoms with E-state index >= 15 is 0 Å². The molecule has 32 heavy (non-hydrogen) atoms. The van der Waals surface area contributed by atoms with Crippen molar-refractivity contribution in [2.45, 2.75) is 58.7 Å². The number of hydrogen-bond donors (Lipinski definition) is 0. The molecule has 1 unspecified atom stereocenters. The third-order valence-electron chi connectivity index (χ3n) is 6.94. The van der Waals surface area contributed by atoms with E-state index in [9.17, 15) is 0 Å². The minimum atomic E-state index is -0.430. The van der Waals surface area contributed by atoms with E-state index in [-0.39, 0.29) is 0 Å². The molecule has 0 aromatic heterocycles. The standard InChI is InChI=1S/C30H38NP/c1-21-15-22(2)18-26(17-21)32(27-19-23(3)16-24(4)20-27)29-14-10-13-28(29)30(31(5)6)25-11-8-7-9-12-25/h7-9,11-12,15-20,28-30H,10,13-14H2,1-6H3/t28-,29?,30+/m0/s1. The van der Waals surface area contributed by atoms with E-state index in [0.717, 1.165) is 0 Å². The van der Waals surface area contributed by atoms with Gasteiger partial charge in [0.2, 0.25) is 0 Å². The van der Waals surface area contributed by atoms with Crippen LogP contribution < -0.4 is 10.6 Å². The van der Waals surface area contributed by atoms with E-state index in [1.54, 1.807) is 10.6 Å². The molecule has 1 fully saturated rings. The van der Waals surface area contributed by atoms with Crippen LogP contribution in [0.5, 0.6) is 0 Å². The Bertz CT molecular complexity index is 964. The molecule has 0 N–H and O–H groups in total. The Kier molecular flexibility index (Phi) is 7.18. The zero-order valence-corrected chi connectivity index (χ0v) is 21.5. The average molecular weight is 444 g/mol. The van der Waals surface area contributed by atoms with Crippen LogP contribution in [0.1, 0.15) is 53.1 Å². The minimum absolute atomic E-state index is 0.430. The lowest BCUT2D eigenvalue weighted by molar-refractivity contribution is 0.217. The largest absolute Gasteiger partial charge is 0.302 e. The summed E-state index contributed by atoms with van der Waals surface area (Å²) in [6, 6.07) is 26.2. The summed E-state index contributed by atoms with van der Waals surface area (Å²) in [6.07, 6.45) is 3.98. The molecular formula is C30H38NP. The summed E-state index contributed by atoms with van der Waals surface area (Å²) >= 11 is 0. The van der Waals surface area contributed by atoms with E-state index < -0.39 is 7.92 Å². The van der Waals surface area contributed by atoms with Crippen molar-refractivity contribution in [1.82, 2.24) is 4.90 Å². The van der Waals surface area contributed by atoms with Crippen molar-refractivity contribution in [3.8, 4) is 0 Å². The second-order valence-electron chi connectivity index (χ2n) is 10.0. The van der Waals surface area contributed by atoms with Gasteiger partial charge in [-0.15, -0.1) is 0 Å². The first kappa shape index (κ1) is 23.2. The number of benzene rings is 3. The van der Waals surface area contributed by atoms with Crippen LogP contribution in [0.15, 0.2) is 66.7 Å². The average Bonchev–Trinajstić information content (AvgIpc) is 3.16. The summed E-state index contributed by atoms with van der Waals surface area (Å²) in [5, 5.41) is 3.12. The van der Waals surface area contributed by atoms with Gasteiger partial charge >= 0.3 is 0 Å². The summed E-state index contributed by atoms with van der Waals surface area (Å²) in [5.41, 5.74) is 7.71. The molecular weight excluding hydrogens is 405 g/mol. The van der Waals surface area contributed by atoms with Crippen molar-refractivity contribution < 1.29 is 0 Å². The van der Waals surface area contributed by atoms with Crippen LogP contribution in [0, 0.1) is 33.6 Å². The van der Waals surface area contributed by atoms with Gasteiger partial charge in [0.1, 0.15) is 0 Å². The van der Waals surface area contributed by atoms with Gasteiger partial charge < -0.3 is 4.90 Å². The number of nitrogens with zero attached hydrogens (tertiary/aromatic N) is 1. The maximum atomic E-state index is 2.47. The summed E-state index contributed by atoms with van der Waals surface area (Å²) < 4.78 is 0. The van der Waals surface area contributed by atoms with Crippen LogP contribution >= 0.6 is 7.92 Å². The Morgan fingerprint density at radius 3 is 1.69 bits per heavy atom. The fourth-order valence-corrected chi connectivity index (χ4v) is 9.52. The third-order valence-corrected chi connectivity index (χ3v) is 9.87. The Morgan fingerprint density at radius 2 is 1.22 bits per heavy atom. The summed E-state index contributed by atoms with van der Waals surface area (Å²) in [4.78, 5) is 2.47. The fourth-order valence-electron chi connectivity index (χ4n) is 5.95. The van der Waals surface area contributed by atoms with Crippen molar-refractivity contribution in [3.63, 3.8) is 0 Å². The van der Waals surface area contributed by atoms with Crippen LogP contribution in [0.2, 0.25) is 0 Å². The lowest BCUT2D eigenvalue weighted by Gasteiger charge is -2.38. The smallest absolute Gasteiger partial charge is 0.0376 e. The first-order valence-corrected chi connectivity index (χ1v) is 13.4. The van der Waals surface area contributed by atoms with Gasteiger partial charge in [-0.2, -0.15) is 0 Å². The molecule has 3 aromatic rings. The highest BCUT2D eigenvalue weighted by Crippen LogP contribution is 2.54. The normalized spacial score (nSPS) is 19.6. The highest BCUT2D eigenvalue weighted by Gasteiger charge is 2.41. The second-order valence-corrected chi connectivity index (χ2v) is 12.5. The Morgan fingerprint density at radius 1 is 0.719 bits per heavy atom. The SMILES string of the molecule is Cc1cc(C)cc(P(c2cc(C)cc(C)c2)C2CCC[C@@H]2[C@@H](c2ccccc2)N(C)C)c1. The van der Waals surface area contributed by atoms with E-state index in [1.165, 1.54) is 47.1 Å². The molecule has 1 aliphatic rings. The zero-order valence-electron chi connectivity index (χ0n) is 20.6. The summed E-state index contributed by atoms with van der Waals surface area (Å²) in [6.45, 7) is 9.02. The molecule has 0 radical (unpaired) electrons. The van der Waals surface area contributed by atoms with Gasteiger partial charge in [0.05, 0.1) is 0 Å². The van der Waals surface area contributed by atoms with Crippen LogP contribution in [0.25, 0.3) is 0 Å². The maximum absolute atomic E-state index is 2.47. The Hall–Kier alpha value is -1.95. The third kappa shape index (κ3) is 5.00. The van der Waals surface area contributed by atoms with Crippen LogP contribution in [0.3, 0.4) is 0 Å². The first-order valence-electron chi connectivity index (χ1n) is 12.0. The van der Waals surface area contributed by atoms with Crippen molar-refractivity contribution in [1.29, 1.82) is 0 Å². The van der Waals surface area contributed by atoms with Crippen molar-refractivity contribution >= 4 is 18.5 Å². The molecule has 0 bridgehead atoms. The van der Waals surface area contributed by atoms with Crippen molar-refractivity contribution in [3.05, 3.63) is 94.5 Å². The topological polar surface area (TPSA) is 3.24 Å². The molecule has 2 heteroatoms. The van der Waals surface area contributed by atoms with Gasteiger partial charge in [-0.3, -0.25) is 0 Å². The molecule has 0 heterocycles. The summed E-state index contributed by atoms with van der Waals surface area (Å²) in [5.74, 6) is 0.667. The fraction of sp³-hybridized carbons (Fsp3) is 0.400. The van der Waals surface area contributed by atoms with Gasteiger partial charge in [0, 0.05) is 6.04 Å². The molecule has 168 valence electrons. The van der Waals surface area contributed by atoms with E-state index in [4.69, 9.17) is 0 Å². The lowest BCUT2D eigenvalue weighted by atomic mass is 9.90. The summed E-state index contributed by atoms with van der Waals surface area (Å²) in [7, 11) is 4.10. The molecule has 0 amide bonds. The van der Waals surface area contributed by atoms with Crippen molar-refractivity contribution in [2.75, 3.05) is 14.1 Å². The Labute approximate surface area is 196 Å². The lowest BCUT2D eigenvalue weighted by Crippen LogP contribution is -2.34. The number of aryl methyl sites for hydroxylation is 4. The van der Waals surface area contributed by atoms with Gasteiger partial charge in [0.15, 0.2) is 0 Å². The Balaban J connectivity index is 1.84. The first-order chi connectivity index (χ1) is 15.3. The van der Waals surface area contributed by atoms with Gasteiger partial charge in [-0.25, -0.2) is 0 Å². The van der Waals surface area contributed by atoms with Gasteiger partial charge in [0.25, 0.3) is 0 Å². The predicted molar refractivity (Wildman–Crippen MR) is 142 cm³/mol. The molecule has 3 atom stereocenters. The van der Waals surface area contributed by atoms with Gasteiger partial charge in [-0.1, -0.05) is 95.4 Å². The van der Waals surface area contributed by atoms with Crippen LogP contribution in [0.4, 0.5) is 0 Å². The highest BCUT2D eigenvalue weighted by atomic mass is 31.1. The molecule has 1 saturated carbocycles. The van der Waals surface area contributed by atoms with Crippen molar-refractivity contribution in [2.24, 2.45) is 5.92 Å². The predicted octanol–water partition coefficient (Wildman–Crippen LogP) is 6.82. The molecule has 0 saturated heterocycles. The molecule has 3 aromatic carbocycles. The molecule has 4 rings (SSSR count). The van der Waals surface area contributed by atoms with Crippen LogP contribution in [-0.2, 0) is 0 Å². The minimum Gasteiger partial charge on any atom is -0.302 e. The maximum Gasteiger partial charge on any atom is 0.0376 e. The number of rotatable bonds is 6. The molecule has 1 nitrogen and oxygen atoms in total.